The number of halogens is 1. The largest absolute Gasteiger partial charge is 0.280 e. The van der Waals surface area contributed by atoms with Gasteiger partial charge in [-0.05, 0) is 61.6 Å². The molecule has 0 unspecified atom stereocenters. The van der Waals surface area contributed by atoms with Crippen LogP contribution in [0.4, 0.5) is 10.1 Å². The number of nitrogens with one attached hydrogen (secondary N) is 1. The van der Waals surface area contributed by atoms with E-state index in [2.05, 4.69) is 4.72 Å². The first-order chi connectivity index (χ1) is 14.7. The van der Waals surface area contributed by atoms with Crippen LogP contribution in [0.15, 0.2) is 41.3 Å². The number of aryl methyl sites for hydroxylation is 2. The molecule has 2 aromatic rings. The Bertz CT molecular complexity index is 1140. The van der Waals surface area contributed by atoms with E-state index in [0.29, 0.717) is 16.7 Å². The number of carbonyl (C=O) groups excluding carboxylic acids is 2. The van der Waals surface area contributed by atoms with Crippen LogP contribution in [0.2, 0.25) is 0 Å². The molecule has 2 aliphatic rings. The van der Waals surface area contributed by atoms with Crippen molar-refractivity contribution in [2.24, 2.45) is 11.8 Å². The lowest BCUT2D eigenvalue weighted by atomic mass is 9.81. The van der Waals surface area contributed by atoms with E-state index in [1.807, 2.05) is 0 Å². The lowest BCUT2D eigenvalue weighted by Gasteiger charge is -2.19. The molecule has 1 aliphatic heterocycles. The van der Waals surface area contributed by atoms with Gasteiger partial charge in [0.1, 0.15) is 5.82 Å². The fourth-order valence-corrected chi connectivity index (χ4v) is 5.81. The Hall–Kier alpha value is -2.74. The minimum Gasteiger partial charge on any atom is -0.280 e. The third kappa shape index (κ3) is 4.08. The van der Waals surface area contributed by atoms with E-state index >= 15 is 0 Å². The summed E-state index contributed by atoms with van der Waals surface area (Å²) in [6.07, 6.45) is 3.37. The summed E-state index contributed by atoms with van der Waals surface area (Å²) in [7, 11) is -3.98. The van der Waals surface area contributed by atoms with Crippen molar-refractivity contribution in [2.45, 2.75) is 51.0 Å². The molecule has 0 radical (unpaired) electrons. The number of benzene rings is 2. The zero-order valence-corrected chi connectivity index (χ0v) is 18.3. The molecular formula is C23H25FN2O4S. The van der Waals surface area contributed by atoms with Crippen molar-refractivity contribution < 1.29 is 22.4 Å². The van der Waals surface area contributed by atoms with Crippen LogP contribution in [-0.2, 0) is 26.2 Å². The number of nitrogens with zero attached hydrogens (tertiary/aromatic N) is 1. The summed E-state index contributed by atoms with van der Waals surface area (Å²) >= 11 is 0. The van der Waals surface area contributed by atoms with Gasteiger partial charge in [0, 0.05) is 0 Å². The lowest BCUT2D eigenvalue weighted by molar-refractivity contribution is -0.140. The first kappa shape index (κ1) is 21.5. The Morgan fingerprint density at radius 2 is 1.58 bits per heavy atom. The van der Waals surface area contributed by atoms with E-state index < -0.39 is 15.8 Å². The second-order valence-electron chi connectivity index (χ2n) is 8.43. The molecular weight excluding hydrogens is 419 g/mol. The van der Waals surface area contributed by atoms with Crippen LogP contribution in [0.3, 0.4) is 0 Å². The maximum absolute atomic E-state index is 13.8. The highest BCUT2D eigenvalue weighted by molar-refractivity contribution is 7.92. The molecule has 0 aromatic heterocycles. The highest BCUT2D eigenvalue weighted by Crippen LogP contribution is 2.38. The number of anilines is 1. The zero-order valence-electron chi connectivity index (χ0n) is 17.5. The molecule has 164 valence electrons. The van der Waals surface area contributed by atoms with Crippen LogP contribution in [0.1, 0.15) is 42.4 Å². The highest BCUT2D eigenvalue weighted by atomic mass is 32.2. The van der Waals surface area contributed by atoms with E-state index in [4.69, 9.17) is 0 Å². The van der Waals surface area contributed by atoms with E-state index in [1.54, 1.807) is 26.0 Å². The van der Waals surface area contributed by atoms with Gasteiger partial charge in [-0.1, -0.05) is 31.0 Å². The molecule has 1 aliphatic carbocycles. The topological polar surface area (TPSA) is 83.6 Å². The molecule has 1 saturated carbocycles. The molecule has 8 heteroatoms. The van der Waals surface area contributed by atoms with E-state index in [1.165, 1.54) is 23.1 Å². The number of fused-ring (bicyclic) bond motifs is 1. The van der Waals surface area contributed by atoms with Gasteiger partial charge >= 0.3 is 0 Å². The molecule has 2 aromatic carbocycles. The summed E-state index contributed by atoms with van der Waals surface area (Å²) in [4.78, 5) is 26.8. The first-order valence-corrected chi connectivity index (χ1v) is 11.9. The molecule has 2 amide bonds. The number of rotatable bonds is 5. The normalized spacial score (nSPS) is 21.3. The zero-order chi connectivity index (χ0) is 22.3. The number of likely N-dealkylation sites (tertiary alicyclic amines) is 1. The monoisotopic (exact) mass is 444 g/mol. The number of sulfonamides is 1. The molecule has 4 rings (SSSR count). The fourth-order valence-electron chi connectivity index (χ4n) is 4.47. The minimum absolute atomic E-state index is 0.0301. The SMILES string of the molecule is Cc1ccc(NS(=O)(=O)c2cc(CN3C(=O)[C@H]4CCCC[C@H]4C3=O)ccc2C)cc1F. The second kappa shape index (κ2) is 8.07. The van der Waals surface area contributed by atoms with Gasteiger partial charge in [0.15, 0.2) is 0 Å². The summed E-state index contributed by atoms with van der Waals surface area (Å²) < 4.78 is 42.2. The minimum atomic E-state index is -3.98. The van der Waals surface area contributed by atoms with Crippen LogP contribution in [0.5, 0.6) is 0 Å². The predicted molar refractivity (Wildman–Crippen MR) is 114 cm³/mol. The van der Waals surface area contributed by atoms with Crippen molar-refractivity contribution in [2.75, 3.05) is 4.72 Å². The maximum atomic E-state index is 13.8. The summed E-state index contributed by atoms with van der Waals surface area (Å²) in [5, 5.41) is 0. The Labute approximate surface area is 181 Å². The van der Waals surface area contributed by atoms with Crippen LogP contribution in [0.25, 0.3) is 0 Å². The third-order valence-electron chi connectivity index (χ3n) is 6.24. The number of imide groups is 1. The van der Waals surface area contributed by atoms with Gasteiger partial charge in [0.05, 0.1) is 29.0 Å². The molecule has 0 spiro atoms. The van der Waals surface area contributed by atoms with Crippen molar-refractivity contribution in [3.05, 3.63) is 58.9 Å². The van der Waals surface area contributed by atoms with Gasteiger partial charge in [-0.15, -0.1) is 0 Å². The fraction of sp³-hybridized carbons (Fsp3) is 0.391. The van der Waals surface area contributed by atoms with Crippen LogP contribution < -0.4 is 4.72 Å². The summed E-state index contributed by atoms with van der Waals surface area (Å²) in [6, 6.07) is 8.99. The van der Waals surface area contributed by atoms with Crippen molar-refractivity contribution >= 4 is 27.5 Å². The second-order valence-corrected chi connectivity index (χ2v) is 10.1. The van der Waals surface area contributed by atoms with Gasteiger partial charge in [-0.2, -0.15) is 0 Å². The van der Waals surface area contributed by atoms with Crippen molar-refractivity contribution in [1.82, 2.24) is 4.90 Å². The quantitative estimate of drug-likeness (QED) is 0.709. The van der Waals surface area contributed by atoms with Gasteiger partial charge in [0.25, 0.3) is 10.0 Å². The number of carbonyl (C=O) groups is 2. The average molecular weight is 445 g/mol. The lowest BCUT2D eigenvalue weighted by Crippen LogP contribution is -2.30. The van der Waals surface area contributed by atoms with Gasteiger partial charge in [-0.25, -0.2) is 12.8 Å². The van der Waals surface area contributed by atoms with E-state index in [9.17, 15) is 22.4 Å². The van der Waals surface area contributed by atoms with Gasteiger partial charge in [0.2, 0.25) is 11.8 Å². The molecule has 1 saturated heterocycles. The average Bonchev–Trinajstić information content (AvgIpc) is 2.97. The van der Waals surface area contributed by atoms with Crippen LogP contribution >= 0.6 is 0 Å². The smallest absolute Gasteiger partial charge is 0.262 e. The highest BCUT2D eigenvalue weighted by Gasteiger charge is 2.47. The first-order valence-electron chi connectivity index (χ1n) is 10.4. The molecule has 1 heterocycles. The standard InChI is InChI=1S/C23H25FN2O4S/c1-14-8-10-17(12-20(14)24)25-31(29,30)21-11-16(9-7-15(21)2)13-26-22(27)18-5-3-4-6-19(18)23(26)28/h7-12,18-19,25H,3-6,13H2,1-2H3/t18-,19+. The van der Waals surface area contributed by atoms with Gasteiger partial charge in [-0.3, -0.25) is 19.2 Å². The third-order valence-corrected chi connectivity index (χ3v) is 7.76. The van der Waals surface area contributed by atoms with E-state index in [-0.39, 0.29) is 40.8 Å². The molecule has 0 bridgehead atoms. The Balaban J connectivity index is 1.59. The van der Waals surface area contributed by atoms with E-state index in [0.717, 1.165) is 31.7 Å². The number of amides is 2. The summed E-state index contributed by atoms with van der Waals surface area (Å²) in [5.41, 5.74) is 1.61. The Morgan fingerprint density at radius 1 is 0.968 bits per heavy atom. The maximum Gasteiger partial charge on any atom is 0.262 e. The van der Waals surface area contributed by atoms with Gasteiger partial charge < -0.3 is 0 Å². The van der Waals surface area contributed by atoms with Crippen molar-refractivity contribution in [3.63, 3.8) is 0 Å². The molecule has 2 fully saturated rings. The Morgan fingerprint density at radius 3 is 2.19 bits per heavy atom. The van der Waals surface area contributed by atoms with Crippen molar-refractivity contribution in [1.29, 1.82) is 0 Å². The number of hydrogen-bond acceptors (Lipinski definition) is 4. The summed E-state index contributed by atoms with van der Waals surface area (Å²) in [5.74, 6) is -1.31. The van der Waals surface area contributed by atoms with Crippen LogP contribution in [0, 0.1) is 31.5 Å². The van der Waals surface area contributed by atoms with Crippen molar-refractivity contribution in [3.8, 4) is 0 Å². The molecule has 1 N–H and O–H groups in total. The number of hydrogen-bond donors (Lipinski definition) is 1. The Kier molecular flexibility index (Phi) is 5.60. The molecule has 6 nitrogen and oxygen atoms in total. The van der Waals surface area contributed by atoms with Crippen LogP contribution in [-0.4, -0.2) is 25.1 Å². The predicted octanol–water partition coefficient (Wildman–Crippen LogP) is 3.92. The molecule has 31 heavy (non-hydrogen) atoms. The molecule has 2 atom stereocenters. The summed E-state index contributed by atoms with van der Waals surface area (Å²) in [6.45, 7) is 3.31.